The topological polar surface area (TPSA) is 52.6 Å². The number of rotatable bonds is 5. The lowest BCUT2D eigenvalue weighted by Gasteiger charge is -2.18. The van der Waals surface area contributed by atoms with Crippen LogP contribution in [0.25, 0.3) is 0 Å². The molecule has 0 unspecified atom stereocenters. The molecular weight excluding hydrogens is 300 g/mol. The van der Waals surface area contributed by atoms with E-state index in [1.807, 2.05) is 49.2 Å². The van der Waals surface area contributed by atoms with E-state index in [0.717, 1.165) is 11.3 Å². The number of likely N-dealkylation sites (N-methyl/N-ethyl adjacent to an activating group) is 1. The highest BCUT2D eigenvalue weighted by Gasteiger charge is 2.08. The molecule has 0 bridgehead atoms. The van der Waals surface area contributed by atoms with Crippen LogP contribution in [0.1, 0.15) is 15.9 Å². The van der Waals surface area contributed by atoms with Gasteiger partial charge >= 0.3 is 0 Å². The van der Waals surface area contributed by atoms with Crippen molar-refractivity contribution in [1.29, 1.82) is 0 Å². The molecule has 2 N–H and O–H groups in total. The Kier molecular flexibility index (Phi) is 5.41. The third-order valence-electron chi connectivity index (χ3n) is 3.44. The molecule has 0 aliphatic carbocycles. The van der Waals surface area contributed by atoms with Gasteiger partial charge in [-0.15, -0.1) is 0 Å². The lowest BCUT2D eigenvalue weighted by atomic mass is 10.1. The normalized spacial score (nSPS) is 10.4. The zero-order valence-corrected chi connectivity index (χ0v) is 13.4. The molecule has 0 radical (unpaired) electrons. The summed E-state index contributed by atoms with van der Waals surface area (Å²) in [5.74, 6) is -0.196. The highest BCUT2D eigenvalue weighted by Crippen LogP contribution is 2.19. The van der Waals surface area contributed by atoms with Crippen LogP contribution >= 0.6 is 11.6 Å². The van der Waals surface area contributed by atoms with Gasteiger partial charge in [-0.1, -0.05) is 17.7 Å². The van der Waals surface area contributed by atoms with Gasteiger partial charge in [0.1, 0.15) is 0 Å². The SMILES string of the molecule is Cc1ccc(C(=O)Nc2ccc(N(C)CCO)cc2)cc1Cl. The lowest BCUT2D eigenvalue weighted by molar-refractivity contribution is 0.102. The van der Waals surface area contributed by atoms with Crippen molar-refractivity contribution >= 4 is 28.9 Å². The minimum Gasteiger partial charge on any atom is -0.395 e. The fourth-order valence-corrected chi connectivity index (χ4v) is 2.20. The first kappa shape index (κ1) is 16.3. The van der Waals surface area contributed by atoms with Gasteiger partial charge in [-0.3, -0.25) is 4.79 Å². The molecule has 22 heavy (non-hydrogen) atoms. The molecule has 1 amide bonds. The first-order valence-corrected chi connectivity index (χ1v) is 7.38. The summed E-state index contributed by atoms with van der Waals surface area (Å²) < 4.78 is 0. The average molecular weight is 319 g/mol. The van der Waals surface area contributed by atoms with E-state index in [9.17, 15) is 4.79 Å². The van der Waals surface area contributed by atoms with Crippen LogP contribution in [0, 0.1) is 6.92 Å². The quantitative estimate of drug-likeness (QED) is 0.889. The molecule has 0 atom stereocenters. The van der Waals surface area contributed by atoms with E-state index in [-0.39, 0.29) is 12.5 Å². The van der Waals surface area contributed by atoms with Gasteiger partial charge in [-0.2, -0.15) is 0 Å². The number of halogens is 1. The Morgan fingerprint density at radius 3 is 2.50 bits per heavy atom. The minimum atomic E-state index is -0.196. The molecule has 0 aliphatic heterocycles. The number of aliphatic hydroxyl groups excluding tert-OH is 1. The lowest BCUT2D eigenvalue weighted by Crippen LogP contribution is -2.21. The number of nitrogens with one attached hydrogen (secondary N) is 1. The van der Waals surface area contributed by atoms with Crippen LogP contribution in [-0.4, -0.2) is 31.2 Å². The number of nitrogens with zero attached hydrogens (tertiary/aromatic N) is 1. The predicted octanol–water partition coefficient (Wildman–Crippen LogP) is 3.33. The maximum Gasteiger partial charge on any atom is 0.255 e. The number of carbonyl (C=O) groups is 1. The molecule has 0 saturated carbocycles. The van der Waals surface area contributed by atoms with Crippen molar-refractivity contribution in [3.05, 3.63) is 58.6 Å². The van der Waals surface area contributed by atoms with Gasteiger partial charge in [-0.05, 0) is 48.9 Å². The second-order valence-corrected chi connectivity index (χ2v) is 5.52. The molecule has 2 rings (SSSR count). The molecule has 5 heteroatoms. The first-order valence-electron chi connectivity index (χ1n) is 7.01. The van der Waals surface area contributed by atoms with Crippen molar-refractivity contribution < 1.29 is 9.90 Å². The molecule has 0 spiro atoms. The van der Waals surface area contributed by atoms with Crippen LogP contribution < -0.4 is 10.2 Å². The summed E-state index contributed by atoms with van der Waals surface area (Å²) in [5, 5.41) is 12.3. The van der Waals surface area contributed by atoms with Crippen molar-refractivity contribution in [2.75, 3.05) is 30.4 Å². The molecule has 2 aromatic carbocycles. The van der Waals surface area contributed by atoms with Gasteiger partial charge in [0.2, 0.25) is 0 Å². The summed E-state index contributed by atoms with van der Waals surface area (Å²) in [7, 11) is 1.90. The number of hydrogen-bond donors (Lipinski definition) is 2. The third-order valence-corrected chi connectivity index (χ3v) is 3.84. The van der Waals surface area contributed by atoms with E-state index in [1.165, 1.54) is 0 Å². The molecule has 0 heterocycles. The van der Waals surface area contributed by atoms with E-state index in [0.29, 0.717) is 22.8 Å². The van der Waals surface area contributed by atoms with Crippen LogP contribution in [0.5, 0.6) is 0 Å². The molecule has 4 nitrogen and oxygen atoms in total. The van der Waals surface area contributed by atoms with Gasteiger partial charge in [0.05, 0.1) is 6.61 Å². The average Bonchev–Trinajstić information content (AvgIpc) is 2.51. The van der Waals surface area contributed by atoms with Crippen molar-refractivity contribution in [2.24, 2.45) is 0 Å². The summed E-state index contributed by atoms with van der Waals surface area (Å²) in [6.45, 7) is 2.56. The number of aliphatic hydroxyl groups is 1. The first-order chi connectivity index (χ1) is 10.5. The Balaban J connectivity index is 2.06. The predicted molar refractivity (Wildman–Crippen MR) is 90.9 cm³/mol. The second-order valence-electron chi connectivity index (χ2n) is 5.11. The van der Waals surface area contributed by atoms with E-state index in [2.05, 4.69) is 5.32 Å². The number of amides is 1. The molecule has 116 valence electrons. The van der Waals surface area contributed by atoms with Crippen LogP contribution in [0.2, 0.25) is 5.02 Å². The van der Waals surface area contributed by atoms with Crippen LogP contribution in [0.15, 0.2) is 42.5 Å². The summed E-state index contributed by atoms with van der Waals surface area (Å²) in [5.41, 5.74) is 3.15. The fourth-order valence-electron chi connectivity index (χ4n) is 2.02. The number of carbonyl (C=O) groups excluding carboxylic acids is 1. The number of aryl methyl sites for hydroxylation is 1. The molecule has 0 saturated heterocycles. The highest BCUT2D eigenvalue weighted by molar-refractivity contribution is 6.31. The monoisotopic (exact) mass is 318 g/mol. The van der Waals surface area contributed by atoms with E-state index < -0.39 is 0 Å². The van der Waals surface area contributed by atoms with Gasteiger partial charge < -0.3 is 15.3 Å². The summed E-state index contributed by atoms with van der Waals surface area (Å²) in [6.07, 6.45) is 0. The molecule has 2 aromatic rings. The van der Waals surface area contributed by atoms with Gasteiger partial charge in [-0.25, -0.2) is 0 Å². The largest absolute Gasteiger partial charge is 0.395 e. The Bertz CT molecular complexity index is 656. The summed E-state index contributed by atoms with van der Waals surface area (Å²) >= 11 is 6.04. The van der Waals surface area contributed by atoms with E-state index in [1.54, 1.807) is 12.1 Å². The van der Waals surface area contributed by atoms with Crippen molar-refractivity contribution in [3.63, 3.8) is 0 Å². The second kappa shape index (κ2) is 7.29. The smallest absolute Gasteiger partial charge is 0.255 e. The number of hydrogen-bond acceptors (Lipinski definition) is 3. The van der Waals surface area contributed by atoms with Crippen molar-refractivity contribution in [3.8, 4) is 0 Å². The van der Waals surface area contributed by atoms with Gasteiger partial charge in [0, 0.05) is 35.6 Å². The number of benzene rings is 2. The Morgan fingerprint density at radius 2 is 1.91 bits per heavy atom. The zero-order chi connectivity index (χ0) is 16.1. The highest BCUT2D eigenvalue weighted by atomic mass is 35.5. The van der Waals surface area contributed by atoms with Crippen molar-refractivity contribution in [1.82, 2.24) is 0 Å². The summed E-state index contributed by atoms with van der Waals surface area (Å²) in [6, 6.07) is 12.7. The number of anilines is 2. The molecule has 0 aliphatic rings. The van der Waals surface area contributed by atoms with Crippen LogP contribution in [0.4, 0.5) is 11.4 Å². The fraction of sp³-hybridized carbons (Fsp3) is 0.235. The van der Waals surface area contributed by atoms with Gasteiger partial charge in [0.15, 0.2) is 0 Å². The Hall–Kier alpha value is -2.04. The van der Waals surface area contributed by atoms with E-state index >= 15 is 0 Å². The van der Waals surface area contributed by atoms with Crippen molar-refractivity contribution in [2.45, 2.75) is 6.92 Å². The minimum absolute atomic E-state index is 0.100. The third kappa shape index (κ3) is 4.00. The summed E-state index contributed by atoms with van der Waals surface area (Å²) in [4.78, 5) is 14.1. The maximum atomic E-state index is 12.2. The Labute approximate surface area is 135 Å². The standard InChI is InChI=1S/C17H19ClN2O2/c1-12-3-4-13(11-16(12)18)17(22)19-14-5-7-15(8-6-14)20(2)9-10-21/h3-8,11,21H,9-10H2,1-2H3,(H,19,22). The van der Waals surface area contributed by atoms with Crippen LogP contribution in [0.3, 0.4) is 0 Å². The Morgan fingerprint density at radius 1 is 1.23 bits per heavy atom. The van der Waals surface area contributed by atoms with E-state index in [4.69, 9.17) is 16.7 Å². The van der Waals surface area contributed by atoms with Gasteiger partial charge in [0.25, 0.3) is 5.91 Å². The molecular formula is C17H19ClN2O2. The maximum absolute atomic E-state index is 12.2. The molecule has 0 aromatic heterocycles. The molecule has 0 fully saturated rings. The zero-order valence-electron chi connectivity index (χ0n) is 12.6. The van der Waals surface area contributed by atoms with Crippen LogP contribution in [-0.2, 0) is 0 Å².